The molecule has 0 aromatic heterocycles. The number of nitrogens with zero attached hydrogens (tertiary/aromatic N) is 2. The van der Waals surface area contributed by atoms with Crippen LogP contribution in [-0.2, 0) is 23.7 Å². The van der Waals surface area contributed by atoms with Crippen molar-refractivity contribution in [3.05, 3.63) is 30.3 Å². The number of benzene rings is 1. The Morgan fingerprint density at radius 2 is 1.20 bits per heavy atom. The molecule has 30 heavy (non-hydrogen) atoms. The van der Waals surface area contributed by atoms with Crippen molar-refractivity contribution in [2.75, 3.05) is 84.5 Å². The molecule has 168 valence electrons. The second-order valence-electron chi connectivity index (χ2n) is 6.32. The molecule has 1 aromatic carbocycles. The van der Waals surface area contributed by atoms with Crippen molar-refractivity contribution in [3.8, 4) is 0 Å². The van der Waals surface area contributed by atoms with E-state index in [1.807, 2.05) is 35.2 Å². The number of thiocarbonyl (C=S) groups is 1. The smallest absolute Gasteiger partial charge is 0.200 e. The van der Waals surface area contributed by atoms with Gasteiger partial charge in [0.15, 0.2) is 5.96 Å². The van der Waals surface area contributed by atoms with Crippen LogP contribution in [0.2, 0.25) is 0 Å². The maximum absolute atomic E-state index is 6.20. The fourth-order valence-corrected chi connectivity index (χ4v) is 2.73. The second kappa shape index (κ2) is 15.9. The molecule has 0 atom stereocenters. The molecule has 0 aliphatic carbocycles. The van der Waals surface area contributed by atoms with Crippen molar-refractivity contribution in [1.29, 1.82) is 0 Å². The average molecular weight is 441 g/mol. The van der Waals surface area contributed by atoms with E-state index in [4.69, 9.17) is 41.6 Å². The van der Waals surface area contributed by atoms with E-state index in [0.29, 0.717) is 90.2 Å². The molecular weight excluding hydrogens is 408 g/mol. The van der Waals surface area contributed by atoms with E-state index < -0.39 is 0 Å². The monoisotopic (exact) mass is 440 g/mol. The number of para-hydroxylation sites is 1. The number of guanidine groups is 1. The van der Waals surface area contributed by atoms with Crippen molar-refractivity contribution in [2.45, 2.75) is 0 Å². The first-order chi connectivity index (χ1) is 14.8. The van der Waals surface area contributed by atoms with Crippen LogP contribution in [-0.4, -0.2) is 95.1 Å². The summed E-state index contributed by atoms with van der Waals surface area (Å²) in [5.41, 5.74) is 7.05. The third-order valence-corrected chi connectivity index (χ3v) is 4.26. The zero-order chi connectivity index (χ0) is 21.3. The summed E-state index contributed by atoms with van der Waals surface area (Å²) in [6, 6.07) is 9.59. The van der Waals surface area contributed by atoms with Crippen LogP contribution in [0.15, 0.2) is 35.3 Å². The lowest BCUT2D eigenvalue weighted by Crippen LogP contribution is -2.42. The van der Waals surface area contributed by atoms with Crippen LogP contribution in [0.1, 0.15) is 0 Å². The van der Waals surface area contributed by atoms with Gasteiger partial charge < -0.3 is 39.6 Å². The molecule has 0 spiro atoms. The van der Waals surface area contributed by atoms with Gasteiger partial charge in [-0.25, -0.2) is 0 Å². The summed E-state index contributed by atoms with van der Waals surface area (Å²) in [6.07, 6.45) is 0. The molecule has 3 N–H and O–H groups in total. The SMILES string of the molecule is N/C(=N\C(=S)Nc1ccccc1)N1CCOCCOCCOCCOCCOCC1. The lowest BCUT2D eigenvalue weighted by atomic mass is 10.3. The first-order valence-corrected chi connectivity index (χ1v) is 10.5. The third-order valence-electron chi connectivity index (χ3n) is 4.06. The zero-order valence-electron chi connectivity index (χ0n) is 17.3. The van der Waals surface area contributed by atoms with E-state index in [-0.39, 0.29) is 0 Å². The van der Waals surface area contributed by atoms with Gasteiger partial charge in [0.1, 0.15) is 0 Å². The van der Waals surface area contributed by atoms with Crippen molar-refractivity contribution >= 4 is 29.0 Å². The van der Waals surface area contributed by atoms with Gasteiger partial charge in [-0.05, 0) is 24.4 Å². The van der Waals surface area contributed by atoms with Gasteiger partial charge in [-0.3, -0.25) is 0 Å². The number of nitrogens with one attached hydrogen (secondary N) is 1. The first-order valence-electron chi connectivity index (χ1n) is 10.1. The second-order valence-corrected chi connectivity index (χ2v) is 6.70. The summed E-state index contributed by atoms with van der Waals surface area (Å²) in [7, 11) is 0. The molecule has 1 fully saturated rings. The van der Waals surface area contributed by atoms with Crippen molar-refractivity contribution < 1.29 is 23.7 Å². The lowest BCUT2D eigenvalue weighted by molar-refractivity contribution is -0.0156. The minimum Gasteiger partial charge on any atom is -0.377 e. The largest absolute Gasteiger partial charge is 0.377 e. The van der Waals surface area contributed by atoms with E-state index in [2.05, 4.69) is 10.3 Å². The standard InChI is InChI=1S/C20H32N4O5S/c21-19(23-20(30)22-18-4-2-1-3-5-18)24-6-8-25-10-12-27-14-16-29-17-15-28-13-11-26-9-7-24/h1-5H,6-17H2,(H3,21,22,23,30). The van der Waals surface area contributed by atoms with Crippen molar-refractivity contribution in [2.24, 2.45) is 10.7 Å². The van der Waals surface area contributed by atoms with Gasteiger partial charge in [0.05, 0.1) is 66.1 Å². The van der Waals surface area contributed by atoms with Gasteiger partial charge in [0, 0.05) is 18.8 Å². The molecule has 1 aromatic rings. The topological polar surface area (TPSA) is 99.8 Å². The summed E-state index contributed by atoms with van der Waals surface area (Å²) >= 11 is 5.30. The molecule has 10 heteroatoms. The van der Waals surface area contributed by atoms with E-state index in [1.165, 1.54) is 0 Å². The number of hydrogen-bond acceptors (Lipinski definition) is 6. The Hall–Kier alpha value is -1.82. The fourth-order valence-electron chi connectivity index (χ4n) is 2.52. The summed E-state index contributed by atoms with van der Waals surface area (Å²) in [4.78, 5) is 6.20. The van der Waals surface area contributed by atoms with E-state index in [9.17, 15) is 0 Å². The van der Waals surface area contributed by atoms with Gasteiger partial charge in [-0.15, -0.1) is 0 Å². The van der Waals surface area contributed by atoms with Gasteiger partial charge in [0.25, 0.3) is 0 Å². The van der Waals surface area contributed by atoms with Crippen LogP contribution < -0.4 is 11.1 Å². The average Bonchev–Trinajstić information content (AvgIpc) is 2.74. The number of aliphatic imine (C=N–C) groups is 1. The Kier molecular flexibility index (Phi) is 13.0. The van der Waals surface area contributed by atoms with Gasteiger partial charge >= 0.3 is 0 Å². The zero-order valence-corrected chi connectivity index (χ0v) is 18.1. The Morgan fingerprint density at radius 3 is 1.67 bits per heavy atom. The molecule has 1 saturated heterocycles. The van der Waals surface area contributed by atoms with Crippen molar-refractivity contribution in [3.63, 3.8) is 0 Å². The Bertz CT molecular complexity index is 602. The molecule has 1 aliphatic heterocycles. The van der Waals surface area contributed by atoms with E-state index >= 15 is 0 Å². The molecule has 0 unspecified atom stereocenters. The molecule has 1 heterocycles. The molecule has 0 radical (unpaired) electrons. The van der Waals surface area contributed by atoms with E-state index in [1.54, 1.807) is 0 Å². The minimum absolute atomic E-state index is 0.295. The number of nitrogens with two attached hydrogens (primary N) is 1. The normalized spacial score (nSPS) is 19.5. The highest BCUT2D eigenvalue weighted by atomic mass is 32.1. The Labute approximate surface area is 183 Å². The van der Waals surface area contributed by atoms with Gasteiger partial charge in [0.2, 0.25) is 5.11 Å². The number of ether oxygens (including phenoxy) is 5. The first kappa shape index (κ1) is 24.4. The molecule has 0 saturated carbocycles. The molecule has 0 amide bonds. The molecule has 2 rings (SSSR count). The number of anilines is 1. The predicted octanol–water partition coefficient (Wildman–Crippen LogP) is 1.10. The quantitative estimate of drug-likeness (QED) is 0.378. The van der Waals surface area contributed by atoms with Crippen LogP contribution in [0.25, 0.3) is 0 Å². The summed E-state index contributed by atoms with van der Waals surface area (Å²) in [5.74, 6) is 0.315. The number of rotatable bonds is 1. The summed E-state index contributed by atoms with van der Waals surface area (Å²) < 4.78 is 27.6. The Balaban J connectivity index is 1.84. The fraction of sp³-hybridized carbons (Fsp3) is 0.600. The predicted molar refractivity (Wildman–Crippen MR) is 120 cm³/mol. The summed E-state index contributed by atoms with van der Waals surface area (Å²) in [6.45, 7) is 6.25. The molecule has 0 bridgehead atoms. The molecule has 1 aliphatic rings. The van der Waals surface area contributed by atoms with Crippen LogP contribution >= 0.6 is 12.2 Å². The highest BCUT2D eigenvalue weighted by Crippen LogP contribution is 2.05. The van der Waals surface area contributed by atoms with Crippen LogP contribution in [0.4, 0.5) is 5.69 Å². The minimum atomic E-state index is 0.295. The van der Waals surface area contributed by atoms with Crippen LogP contribution in [0, 0.1) is 0 Å². The Morgan fingerprint density at radius 1 is 0.767 bits per heavy atom. The van der Waals surface area contributed by atoms with E-state index in [0.717, 1.165) is 5.69 Å². The maximum Gasteiger partial charge on any atom is 0.200 e. The van der Waals surface area contributed by atoms with Gasteiger partial charge in [-0.1, -0.05) is 18.2 Å². The number of hydrogen-bond donors (Lipinski definition) is 2. The maximum atomic E-state index is 6.20. The van der Waals surface area contributed by atoms with Gasteiger partial charge in [-0.2, -0.15) is 4.99 Å². The molecule has 9 nitrogen and oxygen atoms in total. The highest BCUT2D eigenvalue weighted by Gasteiger charge is 2.10. The summed E-state index contributed by atoms with van der Waals surface area (Å²) in [5, 5.41) is 3.35. The molecular formula is C20H32N4O5S. The van der Waals surface area contributed by atoms with Crippen LogP contribution in [0.5, 0.6) is 0 Å². The lowest BCUT2D eigenvalue weighted by Gasteiger charge is -2.23. The van der Waals surface area contributed by atoms with Crippen molar-refractivity contribution in [1.82, 2.24) is 4.90 Å². The highest BCUT2D eigenvalue weighted by molar-refractivity contribution is 7.80. The van der Waals surface area contributed by atoms with Crippen LogP contribution in [0.3, 0.4) is 0 Å². The third kappa shape index (κ3) is 11.4.